The van der Waals surface area contributed by atoms with Crippen LogP contribution in [-0.4, -0.2) is 31.6 Å². The summed E-state index contributed by atoms with van der Waals surface area (Å²) in [5.74, 6) is 0. The van der Waals surface area contributed by atoms with Crippen LogP contribution in [0.25, 0.3) is 0 Å². The van der Waals surface area contributed by atoms with E-state index in [4.69, 9.17) is 0 Å². The van der Waals surface area contributed by atoms with Crippen molar-refractivity contribution in [3.05, 3.63) is 35.1 Å². The van der Waals surface area contributed by atoms with Crippen molar-refractivity contribution < 1.29 is 0 Å². The van der Waals surface area contributed by atoms with E-state index in [1.165, 1.54) is 16.8 Å². The van der Waals surface area contributed by atoms with Crippen LogP contribution in [0.4, 0.5) is 0 Å². The Morgan fingerprint density at radius 1 is 1.06 bits per heavy atom. The Bertz CT molecular complexity index is 290. The van der Waals surface area contributed by atoms with Gasteiger partial charge in [0.2, 0.25) is 0 Å². The van der Waals surface area contributed by atoms with Crippen LogP contribution in [0.1, 0.15) is 34.6 Å². The molecule has 0 amide bonds. The first-order valence-electron chi connectivity index (χ1n) is 6.38. The summed E-state index contributed by atoms with van der Waals surface area (Å²) >= 11 is 0. The molecule has 0 fully saturated rings. The van der Waals surface area contributed by atoms with Crippen molar-refractivity contribution in [2.24, 2.45) is 0 Å². The molecule has 0 aliphatic rings. The topological polar surface area (TPSA) is 15.3 Å². The fourth-order valence-electron chi connectivity index (χ4n) is 1.27. The first-order chi connectivity index (χ1) is 7.95. The van der Waals surface area contributed by atoms with Gasteiger partial charge in [-0.25, -0.2) is 0 Å². The maximum atomic E-state index is 3.47. The SMILES string of the molecule is CCN(C)CCN/C(C=C(C)C)=C/C=C(C)C. The molecule has 2 nitrogen and oxygen atoms in total. The summed E-state index contributed by atoms with van der Waals surface area (Å²) in [6.45, 7) is 13.8. The quantitative estimate of drug-likeness (QED) is 0.682. The number of rotatable bonds is 7. The molecule has 0 spiro atoms. The second-order valence-corrected chi connectivity index (χ2v) is 4.91. The minimum atomic E-state index is 0.983. The van der Waals surface area contributed by atoms with Crippen LogP contribution < -0.4 is 5.32 Å². The molecule has 0 radical (unpaired) electrons. The van der Waals surface area contributed by atoms with Crippen LogP contribution in [0, 0.1) is 0 Å². The maximum absolute atomic E-state index is 3.47. The third-order valence-electron chi connectivity index (χ3n) is 2.40. The monoisotopic (exact) mass is 236 g/mol. The summed E-state index contributed by atoms with van der Waals surface area (Å²) in [6.07, 6.45) is 6.48. The van der Waals surface area contributed by atoms with E-state index in [2.05, 4.69) is 70.1 Å². The van der Waals surface area contributed by atoms with Gasteiger partial charge in [-0.15, -0.1) is 0 Å². The van der Waals surface area contributed by atoms with E-state index in [1.807, 2.05) is 0 Å². The second-order valence-electron chi connectivity index (χ2n) is 4.91. The van der Waals surface area contributed by atoms with Crippen molar-refractivity contribution in [2.45, 2.75) is 34.6 Å². The molecule has 0 unspecified atom stereocenters. The van der Waals surface area contributed by atoms with E-state index < -0.39 is 0 Å². The van der Waals surface area contributed by atoms with E-state index in [9.17, 15) is 0 Å². The first kappa shape index (κ1) is 16.0. The van der Waals surface area contributed by atoms with Gasteiger partial charge in [-0.1, -0.05) is 24.1 Å². The molecule has 0 rings (SSSR count). The Kier molecular flexibility index (Phi) is 8.51. The van der Waals surface area contributed by atoms with Crippen molar-refractivity contribution in [3.8, 4) is 0 Å². The summed E-state index contributed by atoms with van der Waals surface area (Å²) in [5, 5.41) is 3.47. The minimum Gasteiger partial charge on any atom is -0.384 e. The number of nitrogens with zero attached hydrogens (tertiary/aromatic N) is 1. The highest BCUT2D eigenvalue weighted by Crippen LogP contribution is 2.00. The van der Waals surface area contributed by atoms with Crippen LogP contribution >= 0.6 is 0 Å². The fraction of sp³-hybridized carbons (Fsp3) is 0.600. The lowest BCUT2D eigenvalue weighted by Crippen LogP contribution is -2.28. The van der Waals surface area contributed by atoms with Gasteiger partial charge in [0.1, 0.15) is 0 Å². The van der Waals surface area contributed by atoms with E-state index in [0.717, 1.165) is 19.6 Å². The summed E-state index contributed by atoms with van der Waals surface area (Å²) in [5.41, 5.74) is 3.82. The van der Waals surface area contributed by atoms with Crippen molar-refractivity contribution in [1.82, 2.24) is 10.2 Å². The average molecular weight is 236 g/mol. The van der Waals surface area contributed by atoms with Crippen LogP contribution in [-0.2, 0) is 0 Å². The molecule has 0 aliphatic carbocycles. The van der Waals surface area contributed by atoms with Gasteiger partial charge in [-0.3, -0.25) is 0 Å². The lowest BCUT2D eigenvalue weighted by molar-refractivity contribution is 0.355. The van der Waals surface area contributed by atoms with Crippen molar-refractivity contribution in [2.75, 3.05) is 26.7 Å². The largest absolute Gasteiger partial charge is 0.384 e. The lowest BCUT2D eigenvalue weighted by atomic mass is 10.2. The molecule has 98 valence electrons. The highest BCUT2D eigenvalue weighted by Gasteiger charge is 1.95. The third kappa shape index (κ3) is 9.88. The second kappa shape index (κ2) is 9.06. The van der Waals surface area contributed by atoms with Gasteiger partial charge in [-0.2, -0.15) is 0 Å². The molecule has 0 aromatic rings. The molecule has 0 aliphatic heterocycles. The van der Waals surface area contributed by atoms with Gasteiger partial charge in [0.25, 0.3) is 0 Å². The molecular weight excluding hydrogens is 208 g/mol. The Hall–Kier alpha value is -1.02. The van der Waals surface area contributed by atoms with E-state index in [1.54, 1.807) is 0 Å². The molecule has 0 heterocycles. The zero-order chi connectivity index (χ0) is 13.3. The fourth-order valence-corrected chi connectivity index (χ4v) is 1.27. The predicted molar refractivity (Wildman–Crippen MR) is 78.1 cm³/mol. The first-order valence-corrected chi connectivity index (χ1v) is 6.38. The molecule has 0 aromatic heterocycles. The van der Waals surface area contributed by atoms with Gasteiger partial charge >= 0.3 is 0 Å². The van der Waals surface area contributed by atoms with Crippen LogP contribution in [0.5, 0.6) is 0 Å². The normalized spacial score (nSPS) is 11.4. The Morgan fingerprint density at radius 2 is 1.71 bits per heavy atom. The summed E-state index contributed by atoms with van der Waals surface area (Å²) in [7, 11) is 2.14. The number of hydrogen-bond donors (Lipinski definition) is 1. The molecule has 0 saturated carbocycles. The van der Waals surface area contributed by atoms with Crippen LogP contribution in [0.3, 0.4) is 0 Å². The Morgan fingerprint density at radius 3 is 2.18 bits per heavy atom. The predicted octanol–water partition coefficient (Wildman–Crippen LogP) is 3.34. The molecule has 1 N–H and O–H groups in total. The highest BCUT2D eigenvalue weighted by atomic mass is 15.1. The standard InChI is InChI=1S/C15H28N2/c1-7-17(6)11-10-16-15(12-14(4)5)9-8-13(2)3/h8-9,12,16H,7,10-11H2,1-6H3/b15-9+. The van der Waals surface area contributed by atoms with Crippen molar-refractivity contribution in [1.29, 1.82) is 0 Å². The maximum Gasteiger partial charge on any atom is 0.0339 e. The summed E-state index contributed by atoms with van der Waals surface area (Å²) < 4.78 is 0. The van der Waals surface area contributed by atoms with Crippen molar-refractivity contribution >= 4 is 0 Å². The lowest BCUT2D eigenvalue weighted by Gasteiger charge is -2.15. The van der Waals surface area contributed by atoms with E-state index >= 15 is 0 Å². The Labute approximate surface area is 107 Å². The van der Waals surface area contributed by atoms with Crippen LogP contribution in [0.2, 0.25) is 0 Å². The van der Waals surface area contributed by atoms with Crippen molar-refractivity contribution in [3.63, 3.8) is 0 Å². The zero-order valence-corrected chi connectivity index (χ0v) is 12.3. The zero-order valence-electron chi connectivity index (χ0n) is 12.3. The number of hydrogen-bond acceptors (Lipinski definition) is 2. The number of likely N-dealkylation sites (N-methyl/N-ethyl adjacent to an activating group) is 1. The van der Waals surface area contributed by atoms with E-state index in [-0.39, 0.29) is 0 Å². The summed E-state index contributed by atoms with van der Waals surface area (Å²) in [6, 6.07) is 0. The molecule has 0 atom stereocenters. The van der Waals surface area contributed by atoms with Gasteiger partial charge in [0.05, 0.1) is 0 Å². The minimum absolute atomic E-state index is 0.983. The average Bonchev–Trinajstić information content (AvgIpc) is 2.24. The van der Waals surface area contributed by atoms with Gasteiger partial charge < -0.3 is 10.2 Å². The van der Waals surface area contributed by atoms with Crippen LogP contribution in [0.15, 0.2) is 35.1 Å². The molecule has 0 aromatic carbocycles. The molecular formula is C15H28N2. The highest BCUT2D eigenvalue weighted by molar-refractivity contribution is 5.25. The van der Waals surface area contributed by atoms with Gasteiger partial charge in [0, 0.05) is 18.8 Å². The van der Waals surface area contributed by atoms with Gasteiger partial charge in [0.15, 0.2) is 0 Å². The Balaban J connectivity index is 4.36. The molecule has 0 saturated heterocycles. The van der Waals surface area contributed by atoms with Gasteiger partial charge in [-0.05, 0) is 53.4 Å². The molecule has 2 heteroatoms. The number of nitrogens with one attached hydrogen (secondary N) is 1. The smallest absolute Gasteiger partial charge is 0.0339 e. The number of allylic oxidation sites excluding steroid dienone is 5. The van der Waals surface area contributed by atoms with E-state index in [0.29, 0.717) is 0 Å². The molecule has 17 heavy (non-hydrogen) atoms. The third-order valence-corrected chi connectivity index (χ3v) is 2.40. The molecule has 0 bridgehead atoms. The summed E-state index contributed by atoms with van der Waals surface area (Å²) in [4.78, 5) is 2.30.